The molecule has 0 aromatic carbocycles. The third-order valence-electron chi connectivity index (χ3n) is 2.30. The molecule has 7 heteroatoms. The molecule has 1 unspecified atom stereocenters. The van der Waals surface area contributed by atoms with Crippen LogP contribution in [0.3, 0.4) is 0 Å². The van der Waals surface area contributed by atoms with Crippen molar-refractivity contribution in [3.63, 3.8) is 0 Å². The first kappa shape index (κ1) is 12.5. The van der Waals surface area contributed by atoms with Crippen LogP contribution in [0.4, 0.5) is 0 Å². The summed E-state index contributed by atoms with van der Waals surface area (Å²) in [6, 6.07) is 0. The van der Waals surface area contributed by atoms with Crippen LogP contribution in [-0.4, -0.2) is 24.0 Å². The molecule has 1 saturated heterocycles. The zero-order chi connectivity index (χ0) is 11.9. The summed E-state index contributed by atoms with van der Waals surface area (Å²) in [6.07, 6.45) is -0.458. The quantitative estimate of drug-likeness (QED) is 0.793. The second kappa shape index (κ2) is 4.70. The molecule has 1 atom stereocenters. The standard InChI is InChI=1S/C9H8Cl3NO2S/c1-4(14)13-2-3-15-9(13)7-5(10)6(11)8(12)16-7/h9H,2-3H2,1H3. The molecule has 1 fully saturated rings. The van der Waals surface area contributed by atoms with Gasteiger partial charge < -0.3 is 9.64 Å². The van der Waals surface area contributed by atoms with Crippen LogP contribution in [0.15, 0.2) is 0 Å². The van der Waals surface area contributed by atoms with Crippen LogP contribution in [0.5, 0.6) is 0 Å². The number of thiophene rings is 1. The Morgan fingerprint density at radius 3 is 2.62 bits per heavy atom. The molecule has 0 saturated carbocycles. The smallest absolute Gasteiger partial charge is 0.221 e. The number of carbonyl (C=O) groups excluding carboxylic acids is 1. The normalized spacial score (nSPS) is 20.5. The van der Waals surface area contributed by atoms with Crippen LogP contribution in [0.25, 0.3) is 0 Å². The maximum Gasteiger partial charge on any atom is 0.221 e. The summed E-state index contributed by atoms with van der Waals surface area (Å²) >= 11 is 19.1. The number of hydrogen-bond acceptors (Lipinski definition) is 3. The van der Waals surface area contributed by atoms with Crippen LogP contribution in [0.1, 0.15) is 18.0 Å². The summed E-state index contributed by atoms with van der Waals surface area (Å²) in [7, 11) is 0. The molecule has 1 aromatic rings. The Labute approximate surface area is 112 Å². The van der Waals surface area contributed by atoms with Gasteiger partial charge in [-0.1, -0.05) is 34.8 Å². The lowest BCUT2D eigenvalue weighted by molar-refractivity contribution is -0.133. The topological polar surface area (TPSA) is 29.5 Å². The van der Waals surface area contributed by atoms with Crippen LogP contribution in [-0.2, 0) is 9.53 Å². The van der Waals surface area contributed by atoms with Gasteiger partial charge in [0.15, 0.2) is 6.23 Å². The molecule has 1 amide bonds. The van der Waals surface area contributed by atoms with E-state index in [2.05, 4.69) is 0 Å². The van der Waals surface area contributed by atoms with Crippen molar-refractivity contribution < 1.29 is 9.53 Å². The van der Waals surface area contributed by atoms with Crippen LogP contribution < -0.4 is 0 Å². The monoisotopic (exact) mass is 299 g/mol. The minimum Gasteiger partial charge on any atom is -0.351 e. The average molecular weight is 301 g/mol. The highest BCUT2D eigenvalue weighted by atomic mass is 35.5. The fourth-order valence-corrected chi connectivity index (χ4v) is 3.45. The molecule has 88 valence electrons. The average Bonchev–Trinajstić information content (AvgIpc) is 2.79. The second-order valence-corrected chi connectivity index (χ2v) is 5.71. The number of hydrogen-bond donors (Lipinski definition) is 0. The molecule has 0 radical (unpaired) electrons. The van der Waals surface area contributed by atoms with Crippen molar-refractivity contribution in [1.29, 1.82) is 0 Å². The van der Waals surface area contributed by atoms with Crippen LogP contribution >= 0.6 is 46.1 Å². The van der Waals surface area contributed by atoms with E-state index in [-0.39, 0.29) is 5.91 Å². The zero-order valence-electron chi connectivity index (χ0n) is 8.30. The minimum atomic E-state index is -0.458. The molecule has 3 nitrogen and oxygen atoms in total. The van der Waals surface area contributed by atoms with E-state index in [0.717, 1.165) is 0 Å². The molecule has 0 aliphatic carbocycles. The highest BCUT2D eigenvalue weighted by molar-refractivity contribution is 7.17. The van der Waals surface area contributed by atoms with Crippen molar-refractivity contribution in [1.82, 2.24) is 4.90 Å². The fourth-order valence-electron chi connectivity index (χ4n) is 1.55. The Kier molecular flexibility index (Phi) is 3.66. The second-order valence-electron chi connectivity index (χ2n) is 3.30. The Morgan fingerprint density at radius 1 is 1.44 bits per heavy atom. The van der Waals surface area contributed by atoms with E-state index in [1.54, 1.807) is 4.90 Å². The van der Waals surface area contributed by atoms with E-state index in [0.29, 0.717) is 32.4 Å². The molecule has 1 aliphatic heterocycles. The number of nitrogens with zero attached hydrogens (tertiary/aromatic N) is 1. The van der Waals surface area contributed by atoms with Gasteiger partial charge in [-0.3, -0.25) is 4.79 Å². The predicted octanol–water partition coefficient (Wildman–Crippen LogP) is 3.59. The number of amides is 1. The third kappa shape index (κ3) is 2.05. The van der Waals surface area contributed by atoms with E-state index in [1.807, 2.05) is 0 Å². The number of ether oxygens (including phenoxy) is 1. The Morgan fingerprint density at radius 2 is 2.12 bits per heavy atom. The maximum atomic E-state index is 11.4. The highest BCUT2D eigenvalue weighted by Crippen LogP contribution is 2.45. The van der Waals surface area contributed by atoms with Crippen molar-refractivity contribution in [2.45, 2.75) is 13.2 Å². The van der Waals surface area contributed by atoms with Crippen LogP contribution in [0.2, 0.25) is 14.4 Å². The molecule has 1 aliphatic rings. The Balaban J connectivity index is 2.36. The molecule has 0 spiro atoms. The lowest BCUT2D eigenvalue weighted by Crippen LogP contribution is -2.28. The largest absolute Gasteiger partial charge is 0.351 e. The van der Waals surface area contributed by atoms with Crippen molar-refractivity contribution >= 4 is 52.0 Å². The summed E-state index contributed by atoms with van der Waals surface area (Å²) in [4.78, 5) is 13.7. The van der Waals surface area contributed by atoms with Gasteiger partial charge in [-0.2, -0.15) is 0 Å². The Hall–Kier alpha value is -0.000000000000000167. The van der Waals surface area contributed by atoms with Gasteiger partial charge in [-0.15, -0.1) is 11.3 Å². The van der Waals surface area contributed by atoms with Crippen molar-refractivity contribution in [3.05, 3.63) is 19.3 Å². The molecular weight excluding hydrogens is 293 g/mol. The van der Waals surface area contributed by atoms with Gasteiger partial charge in [0, 0.05) is 13.5 Å². The summed E-state index contributed by atoms with van der Waals surface area (Å²) < 4.78 is 5.89. The fraction of sp³-hybridized carbons (Fsp3) is 0.444. The van der Waals surface area contributed by atoms with Gasteiger partial charge in [-0.25, -0.2) is 0 Å². The summed E-state index contributed by atoms with van der Waals surface area (Å²) in [6.45, 7) is 2.55. The number of halogens is 3. The van der Waals surface area contributed by atoms with Gasteiger partial charge in [0.1, 0.15) is 4.34 Å². The van der Waals surface area contributed by atoms with Crippen molar-refractivity contribution in [2.24, 2.45) is 0 Å². The summed E-state index contributed by atoms with van der Waals surface area (Å²) in [5.41, 5.74) is 0. The van der Waals surface area contributed by atoms with Gasteiger partial charge in [0.05, 0.1) is 21.5 Å². The maximum absolute atomic E-state index is 11.4. The number of rotatable bonds is 1. The first-order valence-electron chi connectivity index (χ1n) is 4.54. The molecule has 1 aromatic heterocycles. The Bertz CT molecular complexity index is 435. The predicted molar refractivity (Wildman–Crippen MR) is 65.4 cm³/mol. The SMILES string of the molecule is CC(=O)N1CCOC1c1sc(Cl)c(Cl)c1Cl. The molecular formula is C9H8Cl3NO2S. The van der Waals surface area contributed by atoms with Crippen molar-refractivity contribution in [3.8, 4) is 0 Å². The first-order valence-corrected chi connectivity index (χ1v) is 6.49. The van der Waals surface area contributed by atoms with Gasteiger partial charge in [-0.05, 0) is 0 Å². The zero-order valence-corrected chi connectivity index (χ0v) is 11.4. The molecule has 2 heterocycles. The highest BCUT2D eigenvalue weighted by Gasteiger charge is 2.33. The molecule has 0 bridgehead atoms. The lowest BCUT2D eigenvalue weighted by Gasteiger charge is -2.20. The lowest BCUT2D eigenvalue weighted by atomic mass is 10.3. The third-order valence-corrected chi connectivity index (χ3v) is 4.92. The first-order chi connectivity index (χ1) is 7.52. The van der Waals surface area contributed by atoms with E-state index in [1.165, 1.54) is 18.3 Å². The van der Waals surface area contributed by atoms with E-state index in [4.69, 9.17) is 39.5 Å². The summed E-state index contributed by atoms with van der Waals surface area (Å²) in [5, 5.41) is 0.692. The van der Waals surface area contributed by atoms with Gasteiger partial charge >= 0.3 is 0 Å². The van der Waals surface area contributed by atoms with E-state index in [9.17, 15) is 4.79 Å². The molecule has 16 heavy (non-hydrogen) atoms. The molecule has 0 N–H and O–H groups in total. The van der Waals surface area contributed by atoms with E-state index >= 15 is 0 Å². The minimum absolute atomic E-state index is 0.0563. The van der Waals surface area contributed by atoms with Gasteiger partial charge in [0.25, 0.3) is 0 Å². The van der Waals surface area contributed by atoms with Crippen molar-refractivity contribution in [2.75, 3.05) is 13.2 Å². The summed E-state index contributed by atoms with van der Waals surface area (Å²) in [5.74, 6) is -0.0563. The van der Waals surface area contributed by atoms with Gasteiger partial charge in [0.2, 0.25) is 5.91 Å². The number of carbonyl (C=O) groups is 1. The van der Waals surface area contributed by atoms with Crippen LogP contribution in [0, 0.1) is 0 Å². The van der Waals surface area contributed by atoms with E-state index < -0.39 is 6.23 Å². The molecule has 2 rings (SSSR count).